The van der Waals surface area contributed by atoms with E-state index in [4.69, 9.17) is 4.98 Å². The third-order valence-electron chi connectivity index (χ3n) is 4.29. The zero-order valence-corrected chi connectivity index (χ0v) is 16.5. The number of pyridine rings is 1. The van der Waals surface area contributed by atoms with Gasteiger partial charge in [-0.2, -0.15) is 9.61 Å². The molecule has 0 bridgehead atoms. The van der Waals surface area contributed by atoms with Crippen molar-refractivity contribution in [3.8, 4) is 0 Å². The lowest BCUT2D eigenvalue weighted by atomic mass is 9.88. The predicted octanol–water partition coefficient (Wildman–Crippen LogP) is 4.35. The molecule has 1 atom stereocenters. The van der Waals surface area contributed by atoms with Crippen LogP contribution in [0.2, 0.25) is 0 Å². The van der Waals surface area contributed by atoms with Crippen molar-refractivity contribution in [1.82, 2.24) is 19.6 Å². The van der Waals surface area contributed by atoms with Crippen molar-refractivity contribution in [3.05, 3.63) is 46.8 Å². The van der Waals surface area contributed by atoms with Crippen LogP contribution in [0.15, 0.2) is 41.3 Å². The molecule has 132 valence electrons. The molecule has 0 aliphatic carbocycles. The van der Waals surface area contributed by atoms with E-state index in [1.54, 1.807) is 16.9 Å². The highest BCUT2D eigenvalue weighted by atomic mass is 79.9. The third kappa shape index (κ3) is 4.10. The first-order valence-electron chi connectivity index (χ1n) is 8.28. The normalized spacial score (nSPS) is 13.0. The van der Waals surface area contributed by atoms with Crippen molar-refractivity contribution in [2.75, 3.05) is 10.6 Å². The number of hydrogen-bond donors (Lipinski definition) is 2. The number of anilines is 2. The Balaban J connectivity index is 1.90. The monoisotopic (exact) mass is 402 g/mol. The van der Waals surface area contributed by atoms with Crippen molar-refractivity contribution < 1.29 is 0 Å². The average Bonchev–Trinajstić information content (AvgIpc) is 2.94. The van der Waals surface area contributed by atoms with Gasteiger partial charge in [0, 0.05) is 31.0 Å². The molecule has 0 aliphatic heterocycles. The molecule has 6 nitrogen and oxygen atoms in total. The first kappa shape index (κ1) is 17.7. The minimum atomic E-state index is 0.134. The summed E-state index contributed by atoms with van der Waals surface area (Å²) in [6.07, 6.45) is 5.38. The lowest BCUT2D eigenvalue weighted by molar-refractivity contribution is 0.359. The number of fused-ring (bicyclic) bond motifs is 1. The molecule has 2 N–H and O–H groups in total. The zero-order valence-electron chi connectivity index (χ0n) is 14.9. The first-order chi connectivity index (χ1) is 11.8. The molecule has 0 aromatic carbocycles. The van der Waals surface area contributed by atoms with E-state index in [0.717, 1.165) is 27.3 Å². The maximum Gasteiger partial charge on any atom is 0.173 e. The number of aromatic nitrogens is 4. The largest absolute Gasteiger partial charge is 0.367 e. The highest BCUT2D eigenvalue weighted by Crippen LogP contribution is 2.26. The number of rotatable bonds is 5. The van der Waals surface area contributed by atoms with Crippen LogP contribution >= 0.6 is 15.9 Å². The Morgan fingerprint density at radius 1 is 1.28 bits per heavy atom. The first-order valence-corrected chi connectivity index (χ1v) is 9.07. The van der Waals surface area contributed by atoms with E-state index in [2.05, 4.69) is 64.3 Å². The second kappa shape index (κ2) is 7.00. The summed E-state index contributed by atoms with van der Waals surface area (Å²) >= 11 is 3.53. The minimum absolute atomic E-state index is 0.134. The number of hydrogen-bond acceptors (Lipinski definition) is 5. The molecule has 3 aromatic rings. The topological polar surface area (TPSA) is 67.1 Å². The second-order valence-corrected chi connectivity index (χ2v) is 8.06. The third-order valence-corrected chi connectivity index (χ3v) is 4.85. The summed E-state index contributed by atoms with van der Waals surface area (Å²) in [6.45, 7) is 9.46. The summed E-state index contributed by atoms with van der Waals surface area (Å²) in [7, 11) is 0. The highest BCUT2D eigenvalue weighted by Gasteiger charge is 2.21. The van der Waals surface area contributed by atoms with E-state index in [1.807, 2.05) is 24.4 Å². The van der Waals surface area contributed by atoms with Crippen molar-refractivity contribution >= 4 is 33.2 Å². The fraction of sp³-hybridized carbons (Fsp3) is 0.389. The second-order valence-electron chi connectivity index (χ2n) is 7.20. The summed E-state index contributed by atoms with van der Waals surface area (Å²) < 4.78 is 2.66. The van der Waals surface area contributed by atoms with E-state index >= 15 is 0 Å². The van der Waals surface area contributed by atoms with Crippen LogP contribution < -0.4 is 10.6 Å². The van der Waals surface area contributed by atoms with Crippen LogP contribution in [0.25, 0.3) is 5.65 Å². The maximum absolute atomic E-state index is 4.69. The summed E-state index contributed by atoms with van der Waals surface area (Å²) in [6, 6.07) is 6.24. The molecule has 3 aromatic heterocycles. The molecule has 0 amide bonds. The van der Waals surface area contributed by atoms with E-state index in [0.29, 0.717) is 6.54 Å². The van der Waals surface area contributed by atoms with Crippen molar-refractivity contribution in [3.63, 3.8) is 0 Å². The van der Waals surface area contributed by atoms with Crippen LogP contribution in [0.4, 0.5) is 11.6 Å². The smallest absolute Gasteiger partial charge is 0.173 e. The molecule has 0 fully saturated rings. The van der Waals surface area contributed by atoms with E-state index < -0.39 is 0 Å². The molecule has 0 spiro atoms. The number of halogens is 1. The van der Waals surface area contributed by atoms with Crippen LogP contribution in [0.1, 0.15) is 33.3 Å². The lowest BCUT2D eigenvalue weighted by Gasteiger charge is -2.28. The molecule has 0 aliphatic rings. The lowest BCUT2D eigenvalue weighted by Crippen LogP contribution is -2.31. The molecule has 0 radical (unpaired) electrons. The van der Waals surface area contributed by atoms with Gasteiger partial charge in [0.15, 0.2) is 5.65 Å². The summed E-state index contributed by atoms with van der Waals surface area (Å²) in [4.78, 5) is 8.85. The van der Waals surface area contributed by atoms with E-state index in [9.17, 15) is 0 Å². The van der Waals surface area contributed by atoms with Crippen LogP contribution in [0, 0.1) is 5.41 Å². The van der Waals surface area contributed by atoms with Gasteiger partial charge in [0.25, 0.3) is 0 Å². The summed E-state index contributed by atoms with van der Waals surface area (Å²) in [5, 5.41) is 11.3. The predicted molar refractivity (Wildman–Crippen MR) is 105 cm³/mol. The fourth-order valence-electron chi connectivity index (χ4n) is 2.27. The van der Waals surface area contributed by atoms with Gasteiger partial charge in [-0.25, -0.2) is 4.98 Å². The summed E-state index contributed by atoms with van der Waals surface area (Å²) in [5.74, 6) is 1.70. The van der Waals surface area contributed by atoms with Gasteiger partial charge >= 0.3 is 0 Å². The zero-order chi connectivity index (χ0) is 18.0. The average molecular weight is 403 g/mol. The van der Waals surface area contributed by atoms with Gasteiger partial charge in [0.05, 0.1) is 10.7 Å². The molecular weight excluding hydrogens is 380 g/mol. The minimum Gasteiger partial charge on any atom is -0.367 e. The van der Waals surface area contributed by atoms with Gasteiger partial charge in [-0.15, -0.1) is 0 Å². The van der Waals surface area contributed by atoms with Gasteiger partial charge < -0.3 is 10.6 Å². The van der Waals surface area contributed by atoms with Gasteiger partial charge in [0.1, 0.15) is 11.6 Å². The Morgan fingerprint density at radius 3 is 2.76 bits per heavy atom. The van der Waals surface area contributed by atoms with E-state index in [-0.39, 0.29) is 11.5 Å². The van der Waals surface area contributed by atoms with Crippen LogP contribution in [0.5, 0.6) is 0 Å². The number of nitrogens with one attached hydrogen (secondary N) is 2. The molecule has 0 unspecified atom stereocenters. The Morgan fingerprint density at radius 2 is 2.08 bits per heavy atom. The Kier molecular flexibility index (Phi) is 4.94. The van der Waals surface area contributed by atoms with Crippen molar-refractivity contribution in [2.45, 2.75) is 40.3 Å². The highest BCUT2D eigenvalue weighted by molar-refractivity contribution is 9.10. The fourth-order valence-corrected chi connectivity index (χ4v) is 2.62. The Hall–Kier alpha value is -2.15. The van der Waals surface area contributed by atoms with Gasteiger partial charge in [-0.3, -0.25) is 4.98 Å². The molecule has 3 rings (SSSR count). The Bertz CT molecular complexity index is 853. The van der Waals surface area contributed by atoms with Crippen LogP contribution in [-0.4, -0.2) is 25.6 Å². The quantitative estimate of drug-likeness (QED) is 0.663. The molecule has 7 heteroatoms. The standard InChI is InChI=1S/C18H23BrN6/c1-12(18(2,3)4)23-15-8-16(21-10-13-6-5-7-20-9-13)25-17(24-15)14(19)11-22-25/h5-9,11-12,21H,10H2,1-4H3,(H,23,24)/t12-/m0/s1. The van der Waals surface area contributed by atoms with Crippen molar-refractivity contribution in [2.24, 2.45) is 5.41 Å². The van der Waals surface area contributed by atoms with Crippen molar-refractivity contribution in [1.29, 1.82) is 0 Å². The van der Waals surface area contributed by atoms with Crippen LogP contribution in [-0.2, 0) is 6.54 Å². The molecular formula is C18H23BrN6. The summed E-state index contributed by atoms with van der Waals surface area (Å²) in [5.41, 5.74) is 2.02. The molecule has 3 heterocycles. The molecule has 25 heavy (non-hydrogen) atoms. The Labute approximate surface area is 156 Å². The molecule has 0 saturated carbocycles. The van der Waals surface area contributed by atoms with E-state index in [1.165, 1.54) is 0 Å². The maximum atomic E-state index is 4.69. The van der Waals surface area contributed by atoms with Gasteiger partial charge in [-0.1, -0.05) is 26.8 Å². The van der Waals surface area contributed by atoms with Crippen LogP contribution in [0.3, 0.4) is 0 Å². The van der Waals surface area contributed by atoms with Gasteiger partial charge in [-0.05, 0) is 39.9 Å². The molecule has 0 saturated heterocycles. The SMILES string of the molecule is C[C@H](Nc1cc(NCc2cccnc2)n2ncc(Br)c2n1)C(C)(C)C. The number of nitrogens with zero attached hydrogens (tertiary/aromatic N) is 4. The van der Waals surface area contributed by atoms with Gasteiger partial charge in [0.2, 0.25) is 0 Å².